The molecule has 0 spiro atoms. The molecule has 0 fully saturated rings. The van der Waals surface area contributed by atoms with Crippen molar-refractivity contribution in [2.45, 2.75) is 25.5 Å². The Morgan fingerprint density at radius 2 is 1.40 bits per heavy atom. The topological polar surface area (TPSA) is 168 Å². The largest absolute Gasteiger partial charge is 0.508 e. The second-order valence-electron chi connectivity index (χ2n) is 6.49. The van der Waals surface area contributed by atoms with Gasteiger partial charge in [0.2, 0.25) is 0 Å². The van der Waals surface area contributed by atoms with Crippen molar-refractivity contribution in [1.82, 2.24) is 5.32 Å². The molecule has 2 aromatic rings. The summed E-state index contributed by atoms with van der Waals surface area (Å²) in [5.41, 5.74) is 1.55. The molecule has 9 heteroatoms. The number of phenols is 3. The van der Waals surface area contributed by atoms with E-state index in [4.69, 9.17) is 10.2 Å². The Hall–Kier alpha value is -3.56. The molecule has 2 rings (SSSR count). The zero-order valence-corrected chi connectivity index (χ0v) is 16.3. The lowest BCUT2D eigenvalue weighted by Gasteiger charge is -2.18. The number of rotatable bonds is 8. The molecule has 0 amide bonds. The quantitative estimate of drug-likeness (QED) is 0.315. The fourth-order valence-electron chi connectivity index (χ4n) is 2.44. The summed E-state index contributed by atoms with van der Waals surface area (Å²) in [5.74, 6) is -2.43. The molecule has 0 heterocycles. The van der Waals surface area contributed by atoms with Crippen LogP contribution in [0.2, 0.25) is 0 Å². The Morgan fingerprint density at radius 1 is 0.900 bits per heavy atom. The number of aliphatic hydroxyl groups excluding tert-OH is 1. The lowest BCUT2D eigenvalue weighted by atomic mass is 10.1. The van der Waals surface area contributed by atoms with E-state index in [0.717, 1.165) is 12.0 Å². The SMILES string of the molecule is C[C@@H](Cc1ccc(O)cc1)NC[C@H](O)c1cc(O)cc(O)c1.O=C(O)/C=C/C(=O)O. The van der Waals surface area contributed by atoms with Crippen LogP contribution < -0.4 is 5.32 Å². The Morgan fingerprint density at radius 3 is 1.87 bits per heavy atom. The van der Waals surface area contributed by atoms with E-state index in [-0.39, 0.29) is 23.3 Å². The third kappa shape index (κ3) is 10.1. The number of carboxylic acids is 2. The number of aromatic hydroxyl groups is 3. The molecule has 0 saturated carbocycles. The van der Waals surface area contributed by atoms with E-state index in [1.165, 1.54) is 18.2 Å². The number of hydrogen-bond acceptors (Lipinski definition) is 7. The maximum absolute atomic E-state index is 10.1. The van der Waals surface area contributed by atoms with Crippen LogP contribution in [0.15, 0.2) is 54.6 Å². The van der Waals surface area contributed by atoms with Gasteiger partial charge < -0.3 is 36.0 Å². The predicted octanol–water partition coefficient (Wildman–Crippen LogP) is 1.77. The van der Waals surface area contributed by atoms with Crippen LogP contribution in [-0.4, -0.2) is 55.2 Å². The summed E-state index contributed by atoms with van der Waals surface area (Å²) in [6, 6.07) is 11.2. The van der Waals surface area contributed by atoms with Crippen molar-refractivity contribution >= 4 is 11.9 Å². The van der Waals surface area contributed by atoms with Gasteiger partial charge in [-0.05, 0) is 48.7 Å². The second-order valence-corrected chi connectivity index (χ2v) is 6.49. The van der Waals surface area contributed by atoms with Crippen LogP contribution in [0.5, 0.6) is 17.2 Å². The molecule has 0 saturated heterocycles. The van der Waals surface area contributed by atoms with Crippen LogP contribution in [-0.2, 0) is 16.0 Å². The monoisotopic (exact) mass is 419 g/mol. The summed E-state index contributed by atoms with van der Waals surface area (Å²) >= 11 is 0. The fraction of sp³-hybridized carbons (Fsp3) is 0.238. The maximum atomic E-state index is 10.1. The highest BCUT2D eigenvalue weighted by Gasteiger charge is 2.12. The number of aliphatic carboxylic acids is 2. The van der Waals surface area contributed by atoms with Crippen LogP contribution in [0.25, 0.3) is 0 Å². The summed E-state index contributed by atoms with van der Waals surface area (Å²) in [4.78, 5) is 19.1. The molecule has 9 nitrogen and oxygen atoms in total. The number of phenolic OH excluding ortho intramolecular Hbond substituents is 3. The van der Waals surface area contributed by atoms with Gasteiger partial charge in [0, 0.05) is 30.8 Å². The Kier molecular flexibility index (Phi) is 9.87. The van der Waals surface area contributed by atoms with E-state index >= 15 is 0 Å². The highest BCUT2D eigenvalue weighted by atomic mass is 16.4. The number of carboxylic acid groups (broad SMARTS) is 2. The highest BCUT2D eigenvalue weighted by Crippen LogP contribution is 2.24. The number of nitrogens with one attached hydrogen (secondary N) is 1. The maximum Gasteiger partial charge on any atom is 0.328 e. The molecule has 7 N–H and O–H groups in total. The van der Waals surface area contributed by atoms with Crippen LogP contribution in [0.1, 0.15) is 24.2 Å². The summed E-state index contributed by atoms with van der Waals surface area (Å²) in [6.45, 7) is 2.31. The third-order valence-electron chi connectivity index (χ3n) is 3.82. The van der Waals surface area contributed by atoms with Crippen molar-refractivity contribution < 1.29 is 40.2 Å². The first-order valence-corrected chi connectivity index (χ1v) is 8.93. The molecule has 0 aromatic heterocycles. The molecule has 0 bridgehead atoms. The number of aliphatic hydroxyl groups is 1. The molecule has 162 valence electrons. The molecular formula is C21H25NO8. The van der Waals surface area contributed by atoms with E-state index in [2.05, 4.69) is 5.32 Å². The minimum absolute atomic E-state index is 0.0776. The van der Waals surface area contributed by atoms with Gasteiger partial charge in [-0.15, -0.1) is 0 Å². The molecule has 0 aliphatic rings. The van der Waals surface area contributed by atoms with E-state index in [1.807, 2.05) is 19.1 Å². The van der Waals surface area contributed by atoms with E-state index in [1.54, 1.807) is 12.1 Å². The first-order chi connectivity index (χ1) is 14.1. The molecule has 2 aromatic carbocycles. The van der Waals surface area contributed by atoms with Gasteiger partial charge in [-0.1, -0.05) is 12.1 Å². The fourth-order valence-corrected chi connectivity index (χ4v) is 2.44. The van der Waals surface area contributed by atoms with E-state index in [0.29, 0.717) is 24.3 Å². The average Bonchev–Trinajstić information content (AvgIpc) is 2.66. The molecular weight excluding hydrogens is 394 g/mol. The van der Waals surface area contributed by atoms with Gasteiger partial charge in [0.25, 0.3) is 0 Å². The van der Waals surface area contributed by atoms with Crippen LogP contribution in [0.4, 0.5) is 0 Å². The summed E-state index contributed by atoms with van der Waals surface area (Å²) in [5, 5.41) is 57.0. The standard InChI is InChI=1S/C17H21NO4.C4H4O4/c1-11(6-12-2-4-14(19)5-3-12)18-10-17(22)13-7-15(20)9-16(21)8-13;5-3(6)1-2-4(7)8/h2-5,7-9,11,17-22H,6,10H2,1H3;1-2H,(H,5,6)(H,7,8)/b;2-1+/t11-,17-;/m0./s1. The molecule has 0 aliphatic carbocycles. The highest BCUT2D eigenvalue weighted by molar-refractivity contribution is 5.89. The van der Waals surface area contributed by atoms with Gasteiger partial charge in [-0.2, -0.15) is 0 Å². The predicted molar refractivity (Wildman–Crippen MR) is 108 cm³/mol. The van der Waals surface area contributed by atoms with Crippen LogP contribution >= 0.6 is 0 Å². The first kappa shape index (κ1) is 24.5. The first-order valence-electron chi connectivity index (χ1n) is 8.93. The number of benzene rings is 2. The van der Waals surface area contributed by atoms with E-state index < -0.39 is 18.0 Å². The lowest BCUT2D eigenvalue weighted by Crippen LogP contribution is -2.32. The van der Waals surface area contributed by atoms with Gasteiger partial charge >= 0.3 is 11.9 Å². The Labute approximate surface area is 173 Å². The van der Waals surface area contributed by atoms with Crippen LogP contribution in [0.3, 0.4) is 0 Å². The summed E-state index contributed by atoms with van der Waals surface area (Å²) in [7, 11) is 0. The van der Waals surface area contributed by atoms with Crippen molar-refractivity contribution in [3.63, 3.8) is 0 Å². The second kappa shape index (κ2) is 12.1. The van der Waals surface area contributed by atoms with Crippen LogP contribution in [0, 0.1) is 0 Å². The molecule has 2 atom stereocenters. The molecule has 0 unspecified atom stereocenters. The lowest BCUT2D eigenvalue weighted by molar-refractivity contribution is -0.134. The minimum Gasteiger partial charge on any atom is -0.508 e. The van der Waals surface area contributed by atoms with Gasteiger partial charge in [-0.25, -0.2) is 9.59 Å². The Balaban J connectivity index is 0.000000479. The zero-order valence-electron chi connectivity index (χ0n) is 16.3. The molecule has 0 aliphatic heterocycles. The van der Waals surface area contributed by atoms with Crippen molar-refractivity contribution in [2.24, 2.45) is 0 Å². The average molecular weight is 419 g/mol. The summed E-state index contributed by atoms with van der Waals surface area (Å²) in [6.07, 6.45) is 1.06. The smallest absolute Gasteiger partial charge is 0.328 e. The summed E-state index contributed by atoms with van der Waals surface area (Å²) < 4.78 is 0. The molecule has 0 radical (unpaired) electrons. The van der Waals surface area contributed by atoms with Crippen molar-refractivity contribution in [1.29, 1.82) is 0 Å². The Bertz CT molecular complexity index is 828. The van der Waals surface area contributed by atoms with Gasteiger partial charge in [0.05, 0.1) is 6.10 Å². The van der Waals surface area contributed by atoms with Gasteiger partial charge in [0.1, 0.15) is 17.2 Å². The molecule has 30 heavy (non-hydrogen) atoms. The minimum atomic E-state index is -1.26. The third-order valence-corrected chi connectivity index (χ3v) is 3.82. The van der Waals surface area contributed by atoms with Crippen molar-refractivity contribution in [3.8, 4) is 17.2 Å². The number of carbonyl (C=O) groups is 2. The van der Waals surface area contributed by atoms with Gasteiger partial charge in [0.15, 0.2) is 0 Å². The van der Waals surface area contributed by atoms with Crippen molar-refractivity contribution in [3.05, 3.63) is 65.7 Å². The van der Waals surface area contributed by atoms with E-state index in [9.17, 15) is 30.0 Å². The van der Waals surface area contributed by atoms with Crippen molar-refractivity contribution in [2.75, 3.05) is 6.54 Å². The number of hydrogen-bond donors (Lipinski definition) is 7. The normalized spacial score (nSPS) is 12.6. The van der Waals surface area contributed by atoms with Gasteiger partial charge in [-0.3, -0.25) is 0 Å². The zero-order chi connectivity index (χ0) is 22.7.